The number of carbonyl (C=O) groups excluding carboxylic acids is 3. The molecule has 12 heterocycles. The van der Waals surface area contributed by atoms with Gasteiger partial charge in [0.05, 0.1) is 108 Å². The van der Waals surface area contributed by atoms with Crippen molar-refractivity contribution in [3.05, 3.63) is 169 Å². The Hall–Kier alpha value is -13.9. The fourth-order valence-corrected chi connectivity index (χ4v) is 11.2. The van der Waals surface area contributed by atoms with E-state index in [0.29, 0.717) is 85.9 Å². The van der Waals surface area contributed by atoms with Crippen LogP contribution in [0.1, 0.15) is 63.1 Å². The minimum atomic E-state index is -2.71. The predicted octanol–water partition coefficient (Wildman–Crippen LogP) is 8.38. The smallest absolute Gasteiger partial charge is 0.273 e. The molecule has 3 amide bonds. The van der Waals surface area contributed by atoms with Crippen molar-refractivity contribution in [2.24, 2.45) is 21.1 Å². The van der Waals surface area contributed by atoms with Crippen molar-refractivity contribution < 1.29 is 40.9 Å². The van der Waals surface area contributed by atoms with Crippen molar-refractivity contribution in [1.29, 1.82) is 0 Å². The van der Waals surface area contributed by atoms with Gasteiger partial charge in [-0.15, -0.1) is 30.6 Å². The van der Waals surface area contributed by atoms with Crippen LogP contribution in [0.4, 0.5) is 80.3 Å². The number of nitrogens with one attached hydrogen (secondary N) is 8. The Kier molecular flexibility index (Phi) is 20.3. The van der Waals surface area contributed by atoms with Gasteiger partial charge in [0.25, 0.3) is 17.7 Å². The average molecular weight is 1510 g/mol. The Morgan fingerprint density at radius 1 is 0.413 bits per heavy atom. The third-order valence-electron chi connectivity index (χ3n) is 16.8. The molecule has 0 radical (unpaired) electrons. The molecule has 0 unspecified atom stereocenters. The lowest BCUT2D eigenvalue weighted by atomic mass is 10.1. The lowest BCUT2D eigenvalue weighted by molar-refractivity contribution is 0.0950. The fraction of sp³-hybridized carbons (Fsp3) is 0.250. The van der Waals surface area contributed by atoms with Gasteiger partial charge in [0, 0.05) is 112 Å². The van der Waals surface area contributed by atoms with E-state index in [4.69, 9.17) is 43.9 Å². The number of rotatable bonds is 22. The van der Waals surface area contributed by atoms with E-state index in [9.17, 15) is 14.4 Å². The summed E-state index contributed by atoms with van der Waals surface area (Å²) in [5, 5.41) is 57.7. The first-order chi connectivity index (χ1) is 56.4. The number of benzene rings is 3. The van der Waals surface area contributed by atoms with Crippen LogP contribution in [-0.4, -0.2) is 189 Å². The molecule has 3 aromatic carbocycles. The van der Waals surface area contributed by atoms with Gasteiger partial charge >= 0.3 is 0 Å². The summed E-state index contributed by atoms with van der Waals surface area (Å²) in [5.41, 5.74) is 11.8. The highest BCUT2D eigenvalue weighted by Crippen LogP contribution is 2.41. The molecule has 0 saturated carbocycles. The van der Waals surface area contributed by atoms with Gasteiger partial charge in [-0.25, -0.2) is 29.9 Å². The molecule has 0 atom stereocenters. The number of ether oxygens (including phenoxy) is 3. The molecule has 0 bridgehead atoms. The molecule has 3 fully saturated rings. The molecular formula is C72H79ClN30O6. The molecule has 15 rings (SSSR count). The third-order valence-corrected chi connectivity index (χ3v) is 17.0. The Morgan fingerprint density at radius 3 is 1.06 bits per heavy atom. The van der Waals surface area contributed by atoms with Gasteiger partial charge in [-0.3, -0.25) is 28.4 Å². The minimum Gasteiger partial charge on any atom is -0.494 e. The van der Waals surface area contributed by atoms with Gasteiger partial charge in [-0.1, -0.05) is 29.8 Å². The Balaban J connectivity index is 0.000000154. The summed E-state index contributed by atoms with van der Waals surface area (Å²) >= 11 is 5.91. The summed E-state index contributed by atoms with van der Waals surface area (Å²) in [6, 6.07) is 31.7. The Morgan fingerprint density at radius 2 is 0.761 bits per heavy atom. The van der Waals surface area contributed by atoms with E-state index in [2.05, 4.69) is 117 Å². The summed E-state index contributed by atoms with van der Waals surface area (Å²) < 4.78 is 87.7. The summed E-state index contributed by atoms with van der Waals surface area (Å²) in [5.74, 6) is 2.02. The van der Waals surface area contributed by atoms with Crippen LogP contribution in [0.3, 0.4) is 0 Å². The number of nitrogen functional groups attached to an aromatic ring is 1. The molecule has 37 heteroatoms. The highest BCUT2D eigenvalue weighted by Gasteiger charge is 2.25. The van der Waals surface area contributed by atoms with Crippen LogP contribution in [-0.2, 0) is 21.1 Å². The average Bonchev–Trinajstić information content (AvgIpc) is 1.39. The van der Waals surface area contributed by atoms with Crippen LogP contribution in [0, 0.1) is 0 Å². The molecule has 3 aliphatic heterocycles. The maximum atomic E-state index is 12.8. The summed E-state index contributed by atoms with van der Waals surface area (Å²) in [7, 11) is 9.74. The molecule has 9 aromatic heterocycles. The summed E-state index contributed by atoms with van der Waals surface area (Å²) in [6.07, 6.45) is 13.7. The molecule has 36 nitrogen and oxygen atoms in total. The van der Waals surface area contributed by atoms with Crippen molar-refractivity contribution in [3.8, 4) is 51.4 Å². The molecule has 0 spiro atoms. The topological polar surface area (TPSA) is 419 Å². The van der Waals surface area contributed by atoms with Crippen LogP contribution in [0.5, 0.6) is 17.2 Å². The minimum absolute atomic E-state index is 0.0134. The van der Waals surface area contributed by atoms with Crippen LogP contribution in [0.15, 0.2) is 147 Å². The lowest BCUT2D eigenvalue weighted by Crippen LogP contribution is -2.36. The zero-order valence-corrected chi connectivity index (χ0v) is 60.3. The number of para-hydroxylation sites is 3. The first-order valence-electron chi connectivity index (χ1n) is 38.0. The van der Waals surface area contributed by atoms with Gasteiger partial charge in [0.2, 0.25) is 0 Å². The predicted molar refractivity (Wildman–Crippen MR) is 414 cm³/mol. The molecule has 0 aliphatic carbocycles. The zero-order valence-electron chi connectivity index (χ0n) is 68.5. The van der Waals surface area contributed by atoms with Crippen molar-refractivity contribution in [2.75, 3.05) is 129 Å². The van der Waals surface area contributed by atoms with Crippen molar-refractivity contribution in [3.63, 3.8) is 0 Å². The van der Waals surface area contributed by atoms with Crippen molar-refractivity contribution >= 4 is 110 Å². The second kappa shape index (κ2) is 34.8. The second-order valence-corrected chi connectivity index (χ2v) is 24.4. The number of hydrogen-bond acceptors (Lipinski definition) is 30. The maximum absolute atomic E-state index is 12.8. The van der Waals surface area contributed by atoms with Crippen LogP contribution < -0.4 is 77.2 Å². The SMILES string of the molecule is Nc1ccc(N2CCC2)cn1.[2H]C([2H])([2H])NC(=O)c1nnc(Cl)cc1Nc1cccc(-c2ncn(C)n2)c1OC.[2H]C([2H])([2H])NC(=O)c1nnc(Nc2ccc(N3CCC3)cn2)cc1Nc1cccc(-c2ncn(C)n2)c1OC.[2H]C([2H])([2H])NC(=O)c1nnc(Nc2ccc(N3CCC3)cn2)cc1Nc1cccc(-c2ncn(C)n2)c1OC. The van der Waals surface area contributed by atoms with Crippen LogP contribution in [0.25, 0.3) is 34.2 Å². The maximum Gasteiger partial charge on any atom is 0.273 e. The molecule has 560 valence electrons. The number of anilines is 14. The molecular weight excluding hydrogens is 1420 g/mol. The molecule has 3 aliphatic rings. The van der Waals surface area contributed by atoms with Gasteiger partial charge < -0.3 is 77.2 Å². The monoisotopic (exact) mass is 1500 g/mol. The van der Waals surface area contributed by atoms with E-state index >= 15 is 0 Å². The molecule has 12 aromatic rings. The number of aromatic nitrogens is 18. The standard InChI is InChI=1S/2C24H26N10O2.C16H16ClN7O2.C8H11N3/c2*1-25-24(35)21-18(28-17-7-4-6-16(22(17)36-3)23-27-14-33(2)32-23)12-20(30-31-21)29-19-9-8-15(13-26-19)34-10-5-11-34;1-18-16(25)13-11(7-12(17)21-22-13)20-10-6-4-5-9(14(10)26-3)15-19-8-24(2)23-15;9-8-3-2-7(6-10-8)11-4-1-5-11/h2*4,6-9,12-14H,5,10-11H2,1-3H3,(H,25,35)(H2,26,28,29,30);4-8H,1-3H3,(H,18,25)(H,20,21);2-3,6H,1,4-5H2,(H2,9,10)/i3*1D3;. The van der Waals surface area contributed by atoms with E-state index in [0.717, 1.165) is 50.6 Å². The second-order valence-electron chi connectivity index (χ2n) is 24.1. The zero-order chi connectivity index (χ0) is 84.0. The highest BCUT2D eigenvalue weighted by atomic mass is 35.5. The van der Waals surface area contributed by atoms with Crippen LogP contribution >= 0.6 is 11.6 Å². The van der Waals surface area contributed by atoms with E-state index in [1.165, 1.54) is 64.5 Å². The van der Waals surface area contributed by atoms with Gasteiger partial charge in [0.15, 0.2) is 68.6 Å². The Labute approximate surface area is 643 Å². The number of carbonyl (C=O) groups is 3. The Bertz CT molecular complexity index is 5290. The number of methoxy groups -OCH3 is 3. The van der Waals surface area contributed by atoms with Gasteiger partial charge in [-0.05, 0) is 92.1 Å². The largest absolute Gasteiger partial charge is 0.494 e. The van der Waals surface area contributed by atoms with Crippen molar-refractivity contribution in [2.45, 2.75) is 19.3 Å². The summed E-state index contributed by atoms with van der Waals surface area (Å²) in [4.78, 5) is 70.4. The molecule has 10 N–H and O–H groups in total. The number of nitrogens with zero attached hydrogens (tertiary/aromatic N) is 21. The first-order valence-corrected chi connectivity index (χ1v) is 33.9. The molecule has 3 saturated heterocycles. The van der Waals surface area contributed by atoms with Crippen molar-refractivity contribution in [1.82, 2.24) is 106 Å². The van der Waals surface area contributed by atoms with E-state index in [1.54, 1.807) is 121 Å². The number of amides is 3. The van der Waals surface area contributed by atoms with Gasteiger partial charge in [0.1, 0.15) is 36.4 Å². The van der Waals surface area contributed by atoms with E-state index in [1.807, 2.05) is 58.5 Å². The van der Waals surface area contributed by atoms with Crippen LogP contribution in [0.2, 0.25) is 5.15 Å². The fourth-order valence-electron chi connectivity index (χ4n) is 11.0. The number of hydrogen-bond donors (Lipinski definition) is 9. The van der Waals surface area contributed by atoms with E-state index < -0.39 is 38.6 Å². The third kappa shape index (κ3) is 18.1. The van der Waals surface area contributed by atoms with Gasteiger partial charge in [-0.2, -0.15) is 15.3 Å². The number of halogens is 1. The summed E-state index contributed by atoms with van der Waals surface area (Å²) in [6.45, 7) is -1.75. The number of nitrogens with two attached hydrogens (primary N) is 1. The number of pyridine rings is 3. The normalized spacial score (nSPS) is 14.0. The highest BCUT2D eigenvalue weighted by molar-refractivity contribution is 6.29. The first kappa shape index (κ1) is 63.5. The lowest BCUT2D eigenvalue weighted by Gasteiger charge is -2.32. The number of aryl methyl sites for hydroxylation is 3. The molecule has 109 heavy (non-hydrogen) atoms. The quantitative estimate of drug-likeness (QED) is 0.0307. The van der Waals surface area contributed by atoms with E-state index in [-0.39, 0.29) is 50.9 Å².